The molecular formula is C24H17F3N2O4. The first kappa shape index (κ1) is 22.2. The topological polar surface area (TPSA) is 81.4 Å². The van der Waals surface area contributed by atoms with E-state index in [1.54, 1.807) is 36.4 Å². The number of nitrogens with zero attached hydrogens (tertiary/aromatic N) is 2. The second kappa shape index (κ2) is 8.87. The summed E-state index contributed by atoms with van der Waals surface area (Å²) in [6, 6.07) is 17.1. The molecule has 4 aromatic rings. The molecule has 0 bridgehead atoms. The lowest BCUT2D eigenvalue weighted by Crippen LogP contribution is -2.21. The lowest BCUT2D eigenvalue weighted by Gasteiger charge is -2.11. The Morgan fingerprint density at radius 3 is 2.45 bits per heavy atom. The van der Waals surface area contributed by atoms with Crippen LogP contribution in [-0.4, -0.2) is 33.4 Å². The number of alkyl halides is 3. The summed E-state index contributed by atoms with van der Waals surface area (Å²) in [5, 5.41) is 9.30. The summed E-state index contributed by atoms with van der Waals surface area (Å²) in [5.74, 6) is -0.829. The zero-order valence-corrected chi connectivity index (χ0v) is 17.0. The number of carbonyl (C=O) groups excluding carboxylic acids is 1. The average Bonchev–Trinajstić information content (AvgIpc) is 2.79. The van der Waals surface area contributed by atoms with Crippen molar-refractivity contribution >= 4 is 16.7 Å². The van der Waals surface area contributed by atoms with Gasteiger partial charge >= 0.3 is 6.36 Å². The number of halogens is 3. The summed E-state index contributed by atoms with van der Waals surface area (Å²) < 4.78 is 42.9. The molecule has 6 nitrogen and oxygen atoms in total. The summed E-state index contributed by atoms with van der Waals surface area (Å²) >= 11 is 0. The number of Topliss-reactive ketones (excluding diaryl/α,β-unsaturated/α-hetero) is 1. The lowest BCUT2D eigenvalue weighted by molar-refractivity contribution is -0.274. The Morgan fingerprint density at radius 1 is 1.00 bits per heavy atom. The second-order valence-electron chi connectivity index (χ2n) is 7.27. The Balaban J connectivity index is 1.65. The predicted molar refractivity (Wildman–Crippen MR) is 115 cm³/mol. The van der Waals surface area contributed by atoms with Gasteiger partial charge in [-0.1, -0.05) is 30.3 Å². The van der Waals surface area contributed by atoms with E-state index in [0.29, 0.717) is 16.6 Å². The normalized spacial score (nSPS) is 11.5. The Kier molecular flexibility index (Phi) is 5.97. The second-order valence-corrected chi connectivity index (χ2v) is 7.27. The number of hydrogen-bond donors (Lipinski definition) is 1. The zero-order valence-electron chi connectivity index (χ0n) is 17.0. The molecule has 0 aliphatic carbocycles. The highest BCUT2D eigenvalue weighted by atomic mass is 19.4. The molecule has 1 aromatic heterocycles. The van der Waals surface area contributed by atoms with Crippen molar-refractivity contribution in [2.75, 3.05) is 6.61 Å². The molecule has 0 atom stereocenters. The summed E-state index contributed by atoms with van der Waals surface area (Å²) in [4.78, 5) is 29.0. The molecule has 0 aliphatic heterocycles. The van der Waals surface area contributed by atoms with E-state index in [1.807, 2.05) is 0 Å². The van der Waals surface area contributed by atoms with Gasteiger partial charge in [-0.15, -0.1) is 13.2 Å². The third kappa shape index (κ3) is 5.09. The average molecular weight is 454 g/mol. The standard InChI is InChI=1S/C24H17F3N2O4/c25-24(26,27)33-19-6-2-5-17(10-19)16-4-1-3-15(9-16)12-29-14-28-21-8-7-18(22(31)13-30)11-20(21)23(29)32/h1-11,14,30H,12-13H2. The van der Waals surface area contributed by atoms with Gasteiger partial charge in [0.15, 0.2) is 5.78 Å². The van der Waals surface area contributed by atoms with E-state index in [1.165, 1.54) is 41.2 Å². The maximum absolute atomic E-state index is 13.0. The predicted octanol–water partition coefficient (Wildman–Crippen LogP) is 4.19. The van der Waals surface area contributed by atoms with Crippen LogP contribution in [0.1, 0.15) is 15.9 Å². The third-order valence-electron chi connectivity index (χ3n) is 4.97. The van der Waals surface area contributed by atoms with Crippen LogP contribution in [0.3, 0.4) is 0 Å². The largest absolute Gasteiger partial charge is 0.573 e. The van der Waals surface area contributed by atoms with Gasteiger partial charge < -0.3 is 9.84 Å². The van der Waals surface area contributed by atoms with Crippen molar-refractivity contribution < 1.29 is 27.8 Å². The lowest BCUT2D eigenvalue weighted by atomic mass is 10.0. The quantitative estimate of drug-likeness (QED) is 0.442. The van der Waals surface area contributed by atoms with E-state index in [9.17, 15) is 22.8 Å². The molecule has 1 heterocycles. The molecule has 9 heteroatoms. The molecule has 1 N–H and O–H groups in total. The van der Waals surface area contributed by atoms with E-state index >= 15 is 0 Å². The number of aliphatic hydroxyl groups excluding tert-OH is 1. The van der Waals surface area contributed by atoms with E-state index in [0.717, 1.165) is 5.56 Å². The zero-order chi connectivity index (χ0) is 23.6. The van der Waals surface area contributed by atoms with Crippen molar-refractivity contribution in [1.29, 1.82) is 0 Å². The Morgan fingerprint density at radius 2 is 1.73 bits per heavy atom. The van der Waals surface area contributed by atoms with Crippen molar-refractivity contribution in [2.24, 2.45) is 0 Å². The van der Waals surface area contributed by atoms with Gasteiger partial charge in [-0.2, -0.15) is 0 Å². The van der Waals surface area contributed by atoms with E-state index in [-0.39, 0.29) is 28.8 Å². The van der Waals surface area contributed by atoms with Gasteiger partial charge in [0.2, 0.25) is 0 Å². The van der Waals surface area contributed by atoms with Crippen LogP contribution >= 0.6 is 0 Å². The SMILES string of the molecule is O=C(CO)c1ccc2ncn(Cc3cccc(-c4cccc(OC(F)(F)F)c4)c3)c(=O)c2c1. The Bertz CT molecular complexity index is 1400. The molecule has 0 radical (unpaired) electrons. The minimum atomic E-state index is -4.79. The van der Waals surface area contributed by atoms with Crippen LogP contribution < -0.4 is 10.3 Å². The highest BCUT2D eigenvalue weighted by Crippen LogP contribution is 2.28. The van der Waals surface area contributed by atoms with Crippen LogP contribution in [0.2, 0.25) is 0 Å². The monoisotopic (exact) mass is 454 g/mol. The van der Waals surface area contributed by atoms with Gasteiger partial charge in [-0.05, 0) is 53.1 Å². The first-order valence-corrected chi connectivity index (χ1v) is 9.82. The molecule has 0 saturated heterocycles. The van der Waals surface area contributed by atoms with Crippen LogP contribution in [0.4, 0.5) is 13.2 Å². The summed E-state index contributed by atoms with van der Waals surface area (Å²) in [6.07, 6.45) is -3.39. The van der Waals surface area contributed by atoms with E-state index < -0.39 is 18.8 Å². The van der Waals surface area contributed by atoms with Crippen LogP contribution in [0.15, 0.2) is 77.9 Å². The molecular weight excluding hydrogens is 437 g/mol. The first-order chi connectivity index (χ1) is 15.7. The van der Waals surface area contributed by atoms with E-state index in [2.05, 4.69) is 9.72 Å². The highest BCUT2D eigenvalue weighted by molar-refractivity contribution is 5.99. The number of ketones is 1. The number of ether oxygens (including phenoxy) is 1. The van der Waals surface area contributed by atoms with Gasteiger partial charge in [0.05, 0.1) is 23.8 Å². The molecule has 3 aromatic carbocycles. The fraction of sp³-hybridized carbons (Fsp3) is 0.125. The van der Waals surface area contributed by atoms with Crippen LogP contribution in [-0.2, 0) is 6.54 Å². The number of aromatic nitrogens is 2. The van der Waals surface area contributed by atoms with Gasteiger partial charge in [0.25, 0.3) is 5.56 Å². The first-order valence-electron chi connectivity index (χ1n) is 9.82. The minimum absolute atomic E-state index is 0.159. The Hall–Kier alpha value is -3.98. The van der Waals surface area contributed by atoms with Gasteiger partial charge in [0.1, 0.15) is 12.4 Å². The van der Waals surface area contributed by atoms with Crippen molar-refractivity contribution in [3.05, 3.63) is 94.5 Å². The molecule has 0 amide bonds. The smallest absolute Gasteiger partial charge is 0.406 e. The summed E-state index contributed by atoms with van der Waals surface area (Å²) in [7, 11) is 0. The number of fused-ring (bicyclic) bond motifs is 1. The molecule has 168 valence electrons. The van der Waals surface area contributed by atoms with E-state index in [4.69, 9.17) is 5.11 Å². The van der Waals surface area contributed by atoms with Gasteiger partial charge in [-0.3, -0.25) is 14.2 Å². The fourth-order valence-corrected chi connectivity index (χ4v) is 3.46. The van der Waals surface area contributed by atoms with Gasteiger partial charge in [-0.25, -0.2) is 4.98 Å². The fourth-order valence-electron chi connectivity index (χ4n) is 3.46. The van der Waals surface area contributed by atoms with Crippen molar-refractivity contribution in [3.63, 3.8) is 0 Å². The van der Waals surface area contributed by atoms with Crippen molar-refractivity contribution in [3.8, 4) is 16.9 Å². The summed E-state index contributed by atoms with van der Waals surface area (Å²) in [5.41, 5.74) is 2.16. The molecule has 0 saturated carbocycles. The number of rotatable bonds is 6. The molecule has 0 unspecified atom stereocenters. The maximum Gasteiger partial charge on any atom is 0.573 e. The number of carbonyl (C=O) groups is 1. The maximum atomic E-state index is 13.0. The minimum Gasteiger partial charge on any atom is -0.406 e. The number of benzene rings is 3. The molecule has 33 heavy (non-hydrogen) atoms. The van der Waals surface area contributed by atoms with Gasteiger partial charge in [0, 0.05) is 5.56 Å². The van der Waals surface area contributed by atoms with Crippen LogP contribution in [0, 0.1) is 0 Å². The number of aliphatic hydroxyl groups is 1. The molecule has 0 spiro atoms. The highest BCUT2D eigenvalue weighted by Gasteiger charge is 2.31. The van der Waals surface area contributed by atoms with Crippen LogP contribution in [0.5, 0.6) is 5.75 Å². The Labute approximate surface area is 185 Å². The van der Waals surface area contributed by atoms with Crippen molar-refractivity contribution in [1.82, 2.24) is 9.55 Å². The summed E-state index contributed by atoms with van der Waals surface area (Å²) in [6.45, 7) is -0.505. The number of hydrogen-bond acceptors (Lipinski definition) is 5. The van der Waals surface area contributed by atoms with Crippen molar-refractivity contribution in [2.45, 2.75) is 12.9 Å². The molecule has 0 fully saturated rings. The molecule has 0 aliphatic rings. The third-order valence-corrected chi connectivity index (χ3v) is 4.97. The molecule has 4 rings (SSSR count). The van der Waals surface area contributed by atoms with Crippen LogP contribution in [0.25, 0.3) is 22.0 Å².